The molecule has 0 saturated carbocycles. The number of ether oxygens (including phenoxy) is 1. The van der Waals surface area contributed by atoms with Crippen LogP contribution in [0.15, 0.2) is 266 Å². The number of benzene rings is 10. The number of para-hydroxylation sites is 4. The van der Waals surface area contributed by atoms with Gasteiger partial charge in [-0.1, -0.05) is 253 Å². The van der Waals surface area contributed by atoms with Crippen LogP contribution < -0.4 is 30.1 Å². The van der Waals surface area contributed by atoms with Gasteiger partial charge in [0.1, 0.15) is 17.3 Å². The lowest BCUT2D eigenvalue weighted by Gasteiger charge is -2.35. The first-order chi connectivity index (χ1) is 48.9. The lowest BCUT2D eigenvalue weighted by atomic mass is 9.82. The summed E-state index contributed by atoms with van der Waals surface area (Å²) in [4.78, 5) is 4.95. The van der Waals surface area contributed by atoms with Crippen molar-refractivity contribution in [3.8, 4) is 50.9 Å². The standard InChI is InChI=1S/C74H62N4OSi/c1-73(2,3)65-40-25-39-61(53-28-23-37-60(46-53)80(57-31-13-8-14-32-57,58-33-15-9-16-34-58)59-35-17-10-18-36-59)72(65)77-51-76(68-42-21-22-43-69(68)77)54-29-24-30-55(47-54)79-56-44-45-63-62-38-19-20-41-67(62)78(70(63)48-56)71-49-66(74(4,5)6)64(50-75-71)52-26-11-7-12-27-52/h7-50H,1-6H3/i7D,8D,9D,10D,11D,12D,13D,14D,15D,16D,17D,18D,23D,26D,27D,28D,31D,32D,33D,34D,35D,36D,37D,46D. The third kappa shape index (κ3) is 8.82. The summed E-state index contributed by atoms with van der Waals surface area (Å²) in [6.07, 6.45) is 5.08. The number of nitrogens with zero attached hydrogens (tertiary/aromatic N) is 4. The number of hydrogen-bond donors (Lipinski definition) is 0. The minimum absolute atomic E-state index is 0.00267. The second kappa shape index (κ2) is 20.1. The van der Waals surface area contributed by atoms with Gasteiger partial charge >= 0.3 is 0 Å². The zero-order valence-corrected chi connectivity index (χ0v) is 45.2. The van der Waals surface area contributed by atoms with Gasteiger partial charge in [-0.3, -0.25) is 13.7 Å². The highest BCUT2D eigenvalue weighted by atomic mass is 28.3. The molecule has 0 aliphatic heterocycles. The highest BCUT2D eigenvalue weighted by Crippen LogP contribution is 2.40. The highest BCUT2D eigenvalue weighted by Gasteiger charge is 2.41. The smallest absolute Gasteiger partial charge is 0.269 e. The van der Waals surface area contributed by atoms with Crippen LogP contribution in [0.4, 0.5) is 0 Å². The van der Waals surface area contributed by atoms with E-state index in [4.69, 9.17) is 28.9 Å². The molecular weight excluding hydrogens is 989 g/mol. The molecule has 80 heavy (non-hydrogen) atoms. The van der Waals surface area contributed by atoms with Crippen molar-refractivity contribution in [2.45, 2.75) is 52.4 Å². The normalized spacial score (nSPS) is 16.3. The van der Waals surface area contributed by atoms with Gasteiger partial charge in [-0.2, -0.15) is 0 Å². The third-order valence-electron chi connectivity index (χ3n) is 14.2. The van der Waals surface area contributed by atoms with E-state index in [1.54, 1.807) is 63.9 Å². The molecule has 13 rings (SSSR count). The first-order valence-corrected chi connectivity index (χ1v) is 27.7. The maximum absolute atomic E-state index is 10.7. The van der Waals surface area contributed by atoms with Gasteiger partial charge in [0.2, 0.25) is 0 Å². The average Bonchev–Trinajstić information content (AvgIpc) is 0.863. The van der Waals surface area contributed by atoms with Gasteiger partial charge in [-0.15, -0.1) is 0 Å². The highest BCUT2D eigenvalue weighted by molar-refractivity contribution is 7.19. The Kier molecular flexibility index (Phi) is 7.58. The van der Waals surface area contributed by atoms with Gasteiger partial charge in [-0.05, 0) is 102 Å². The number of pyridine rings is 1. The van der Waals surface area contributed by atoms with Crippen molar-refractivity contribution < 1.29 is 42.2 Å². The minimum atomic E-state index is -6.20. The fraction of sp³-hybridized carbons (Fsp3) is 0.108. The Hall–Kier alpha value is -9.36. The second-order valence-electron chi connectivity index (χ2n) is 21.2. The van der Waals surface area contributed by atoms with Crippen LogP contribution in [0.5, 0.6) is 11.5 Å². The Balaban J connectivity index is 1.03. The van der Waals surface area contributed by atoms with E-state index in [-0.39, 0.29) is 28.9 Å². The lowest BCUT2D eigenvalue weighted by molar-refractivity contribution is -0.572. The Morgan fingerprint density at radius 3 is 1.74 bits per heavy atom. The van der Waals surface area contributed by atoms with Gasteiger partial charge < -0.3 is 4.74 Å². The van der Waals surface area contributed by atoms with Crippen molar-refractivity contribution in [2.24, 2.45) is 0 Å². The molecule has 0 aliphatic carbocycles. The molecule has 13 aromatic rings. The predicted molar refractivity (Wildman–Crippen MR) is 334 cm³/mol. The molecule has 0 radical (unpaired) electrons. The van der Waals surface area contributed by atoms with Crippen LogP contribution in [0.25, 0.3) is 72.3 Å². The van der Waals surface area contributed by atoms with Crippen LogP contribution >= 0.6 is 0 Å². The molecule has 0 fully saturated rings. The van der Waals surface area contributed by atoms with Crippen LogP contribution in [0, 0.1) is 6.33 Å². The summed E-state index contributed by atoms with van der Waals surface area (Å²) in [6, 6.07) is 12.8. The third-order valence-corrected chi connectivity index (χ3v) is 18.2. The summed E-state index contributed by atoms with van der Waals surface area (Å²) >= 11 is 0. The Morgan fingerprint density at radius 2 is 1.06 bits per heavy atom. The van der Waals surface area contributed by atoms with E-state index in [1.807, 2.05) is 107 Å². The molecule has 3 heterocycles. The van der Waals surface area contributed by atoms with Crippen molar-refractivity contribution in [3.63, 3.8) is 0 Å². The molecular formula is C74H62N4OSi. The van der Waals surface area contributed by atoms with Crippen molar-refractivity contribution in [2.75, 3.05) is 0 Å². The number of rotatable bonds is 11. The number of hydrogen-bond acceptors (Lipinski definition) is 2. The molecule has 0 amide bonds. The molecule has 10 aromatic carbocycles. The van der Waals surface area contributed by atoms with Gasteiger partial charge in [0, 0.05) is 28.6 Å². The van der Waals surface area contributed by atoms with E-state index >= 15 is 0 Å². The first-order valence-electron chi connectivity index (χ1n) is 37.7. The van der Waals surface area contributed by atoms with Crippen LogP contribution in [0.3, 0.4) is 0 Å². The van der Waals surface area contributed by atoms with Crippen LogP contribution in [0.2, 0.25) is 0 Å². The summed E-state index contributed by atoms with van der Waals surface area (Å²) in [6.45, 7) is 11.6. The molecule has 0 unspecified atom stereocenters. The first kappa shape index (κ1) is 30.1. The summed E-state index contributed by atoms with van der Waals surface area (Å²) in [7, 11) is -6.20. The molecule has 0 atom stereocenters. The van der Waals surface area contributed by atoms with E-state index in [1.165, 1.54) is 6.07 Å². The molecule has 0 spiro atoms. The predicted octanol–water partition coefficient (Wildman–Crippen LogP) is 15.3. The van der Waals surface area contributed by atoms with Gasteiger partial charge in [-0.25, -0.2) is 4.98 Å². The fourth-order valence-corrected chi connectivity index (χ4v) is 14.2. The topological polar surface area (TPSA) is 35.9 Å². The van der Waals surface area contributed by atoms with Crippen LogP contribution in [-0.2, 0) is 10.8 Å². The van der Waals surface area contributed by atoms with Crippen molar-refractivity contribution in [1.29, 1.82) is 0 Å². The van der Waals surface area contributed by atoms with Crippen LogP contribution in [-0.4, -0.2) is 22.2 Å². The van der Waals surface area contributed by atoms with E-state index in [0.717, 1.165) is 16.3 Å². The lowest BCUT2D eigenvalue weighted by Crippen LogP contribution is -2.74. The van der Waals surface area contributed by atoms with Gasteiger partial charge in [0.25, 0.3) is 6.33 Å². The summed E-state index contributed by atoms with van der Waals surface area (Å²) in [5.41, 5.74) is 3.07. The quantitative estimate of drug-likeness (QED) is 0.0560. The minimum Gasteiger partial charge on any atom is -0.458 e. The fourth-order valence-electron chi connectivity index (χ4n) is 10.6. The molecule has 0 bridgehead atoms. The van der Waals surface area contributed by atoms with E-state index in [9.17, 15) is 13.7 Å². The zero-order chi connectivity index (χ0) is 75.5. The Labute approximate surface area is 504 Å². The average molecular weight is 1080 g/mol. The molecule has 0 saturated heterocycles. The number of aromatic nitrogens is 4. The van der Waals surface area contributed by atoms with E-state index in [0.29, 0.717) is 56.2 Å². The molecule has 0 N–H and O–H groups in total. The maximum Gasteiger partial charge on any atom is 0.269 e. The number of fused-ring (bicyclic) bond motifs is 4. The Bertz CT molecular complexity index is 5610. The number of imidazole rings is 1. The van der Waals surface area contributed by atoms with Crippen LogP contribution in [0.1, 0.15) is 85.6 Å². The molecule has 6 heteroatoms. The summed E-state index contributed by atoms with van der Waals surface area (Å²) in [5, 5.41) is -1.99. The molecule has 5 nitrogen and oxygen atoms in total. The van der Waals surface area contributed by atoms with E-state index in [2.05, 4.69) is 6.33 Å². The Morgan fingerprint density at radius 1 is 0.487 bits per heavy atom. The van der Waals surface area contributed by atoms with Crippen molar-refractivity contribution >= 4 is 61.7 Å². The molecule has 0 aliphatic rings. The van der Waals surface area contributed by atoms with Crippen molar-refractivity contribution in [1.82, 2.24) is 14.1 Å². The summed E-state index contributed by atoms with van der Waals surface area (Å²) < 4.78 is 235. The second-order valence-corrected chi connectivity index (χ2v) is 24.7. The zero-order valence-electron chi connectivity index (χ0n) is 68.2. The van der Waals surface area contributed by atoms with Gasteiger partial charge in [0.15, 0.2) is 8.07 Å². The van der Waals surface area contributed by atoms with Crippen molar-refractivity contribution in [3.05, 3.63) is 284 Å². The molecule has 3 aromatic heterocycles. The SMILES string of the molecule is [2H]c1c([2H])c([2H])c(-c2cnc(-n3c4ccccc4c4ccc(Oc5cccc(-n6[c-][n+](-c7c(-c8c([2H])c([2H])c([2H])c([Si](c9c([2H])c([2H])c([2H])c([2H])c9[2H])(c9c([2H])c([2H])c([2H])c([2H])c9[2H])c9c([2H])c([2H])c([2H])c([2H])c9[2H])c8[2H])cccc7C(C)(C)C)c7ccccc76)c5)cc43)cc2C(C)(C)C)c([2H])c1[2H]. The maximum atomic E-state index is 10.7. The summed E-state index contributed by atoms with van der Waals surface area (Å²) in [5.74, 6) is 1.29. The van der Waals surface area contributed by atoms with E-state index < -0.39 is 178 Å². The largest absolute Gasteiger partial charge is 0.458 e. The molecule has 388 valence electrons. The monoisotopic (exact) mass is 1070 g/mol. The van der Waals surface area contributed by atoms with Gasteiger partial charge in [0.05, 0.1) is 66.3 Å².